The molecule has 162 valence electrons. The van der Waals surface area contributed by atoms with Gasteiger partial charge in [0.1, 0.15) is 17.9 Å². The molecule has 3 aromatic rings. The van der Waals surface area contributed by atoms with Gasteiger partial charge in [0, 0.05) is 29.3 Å². The van der Waals surface area contributed by atoms with E-state index in [0.717, 1.165) is 12.4 Å². The first-order valence-corrected chi connectivity index (χ1v) is 10.7. The summed E-state index contributed by atoms with van der Waals surface area (Å²) in [7, 11) is 0. The summed E-state index contributed by atoms with van der Waals surface area (Å²) >= 11 is 0. The molecular weight excluding hydrogens is 395 g/mol. The van der Waals surface area contributed by atoms with Crippen LogP contribution in [0.15, 0.2) is 42.9 Å². The maximum Gasteiger partial charge on any atom is 0.231 e. The monoisotopic (exact) mass is 422 g/mol. The topological polar surface area (TPSA) is 87.9 Å². The molecule has 7 nitrogen and oxygen atoms in total. The van der Waals surface area contributed by atoms with E-state index in [-0.39, 0.29) is 16.8 Å². The second-order valence-electron chi connectivity index (χ2n) is 9.51. The van der Waals surface area contributed by atoms with Crippen LogP contribution in [0.3, 0.4) is 0 Å². The number of halogens is 1. The quantitative estimate of drug-likeness (QED) is 0.578. The molecule has 2 atom stereocenters. The van der Waals surface area contributed by atoms with Gasteiger partial charge in [0.2, 0.25) is 5.95 Å². The third kappa shape index (κ3) is 3.99. The lowest BCUT2D eigenvalue weighted by Gasteiger charge is -2.42. The van der Waals surface area contributed by atoms with E-state index >= 15 is 0 Å². The van der Waals surface area contributed by atoms with Crippen molar-refractivity contribution in [3.8, 4) is 22.7 Å². The van der Waals surface area contributed by atoms with E-state index in [0.29, 0.717) is 22.9 Å². The highest BCUT2D eigenvalue weighted by Gasteiger charge is 2.48. The average Bonchev–Trinajstić information content (AvgIpc) is 3.26. The maximum atomic E-state index is 13.1. The Bertz CT molecular complexity index is 1080. The summed E-state index contributed by atoms with van der Waals surface area (Å²) in [4.78, 5) is 3.57. The molecule has 2 aromatic heterocycles. The Balaban J connectivity index is 1.25. The molecule has 0 aliphatic carbocycles. The van der Waals surface area contributed by atoms with Crippen molar-refractivity contribution in [2.45, 2.75) is 50.6 Å². The lowest BCUT2D eigenvalue weighted by molar-refractivity contribution is 0.178. The molecule has 31 heavy (non-hydrogen) atoms. The summed E-state index contributed by atoms with van der Waals surface area (Å²) in [5, 5.41) is 26.3. The van der Waals surface area contributed by atoms with Crippen molar-refractivity contribution in [1.29, 1.82) is 0 Å². The molecule has 0 spiro atoms. The van der Waals surface area contributed by atoms with Gasteiger partial charge in [-0.3, -0.25) is 0 Å². The van der Waals surface area contributed by atoms with E-state index in [9.17, 15) is 9.50 Å². The van der Waals surface area contributed by atoms with Gasteiger partial charge >= 0.3 is 0 Å². The van der Waals surface area contributed by atoms with E-state index < -0.39 is 5.95 Å². The Morgan fingerprint density at radius 2 is 1.94 bits per heavy atom. The first-order valence-electron chi connectivity index (χ1n) is 10.7. The fourth-order valence-corrected chi connectivity index (χ4v) is 5.36. The fourth-order valence-electron chi connectivity index (χ4n) is 5.36. The van der Waals surface area contributed by atoms with Crippen LogP contribution in [-0.2, 0) is 0 Å². The molecule has 2 aliphatic rings. The Morgan fingerprint density at radius 1 is 1.16 bits per heavy atom. The van der Waals surface area contributed by atoms with Crippen molar-refractivity contribution in [2.75, 3.05) is 11.9 Å². The van der Waals surface area contributed by atoms with Crippen molar-refractivity contribution in [2.24, 2.45) is 5.92 Å². The largest absolute Gasteiger partial charge is 0.507 e. The third-order valence-electron chi connectivity index (χ3n) is 6.65. The second-order valence-corrected chi connectivity index (χ2v) is 9.51. The van der Waals surface area contributed by atoms with Crippen LogP contribution in [0.5, 0.6) is 5.75 Å². The third-order valence-corrected chi connectivity index (χ3v) is 6.65. The number of aromatic hydroxyl groups is 1. The average molecular weight is 423 g/mol. The molecule has 0 amide bonds. The van der Waals surface area contributed by atoms with Gasteiger partial charge in [-0.1, -0.05) is 0 Å². The van der Waals surface area contributed by atoms with Gasteiger partial charge in [0.25, 0.3) is 0 Å². The number of hydrogen-bond donors (Lipinski definition) is 3. The molecule has 1 aromatic carbocycles. The van der Waals surface area contributed by atoms with Crippen molar-refractivity contribution in [1.82, 2.24) is 25.1 Å². The molecule has 2 unspecified atom stereocenters. The fraction of sp³-hybridized carbons (Fsp3) is 0.435. The van der Waals surface area contributed by atoms with Gasteiger partial charge in [-0.05, 0) is 69.7 Å². The Morgan fingerprint density at radius 3 is 2.55 bits per heavy atom. The number of anilines is 1. The summed E-state index contributed by atoms with van der Waals surface area (Å²) in [6.45, 7) is 5.54. The summed E-state index contributed by atoms with van der Waals surface area (Å²) in [5.74, 6) is 0.811. The number of imidazole rings is 1. The summed E-state index contributed by atoms with van der Waals surface area (Å²) < 4.78 is 14.6. The summed E-state index contributed by atoms with van der Waals surface area (Å²) in [5.41, 5.74) is 2.26. The van der Waals surface area contributed by atoms with E-state index in [1.165, 1.54) is 42.8 Å². The zero-order chi connectivity index (χ0) is 21.6. The van der Waals surface area contributed by atoms with E-state index in [4.69, 9.17) is 0 Å². The van der Waals surface area contributed by atoms with Crippen LogP contribution in [0.1, 0.15) is 39.5 Å². The van der Waals surface area contributed by atoms with Crippen LogP contribution in [0.4, 0.5) is 10.2 Å². The van der Waals surface area contributed by atoms with Gasteiger partial charge in [-0.25, -0.2) is 4.98 Å². The minimum atomic E-state index is -0.571. The molecular formula is C23H27FN6O. The van der Waals surface area contributed by atoms with Crippen LogP contribution in [0, 0.1) is 11.9 Å². The van der Waals surface area contributed by atoms with Crippen LogP contribution in [-0.4, -0.2) is 42.5 Å². The molecule has 0 saturated carbocycles. The number of benzene rings is 1. The first-order chi connectivity index (χ1) is 14.8. The van der Waals surface area contributed by atoms with E-state index in [1.54, 1.807) is 18.2 Å². The minimum Gasteiger partial charge on any atom is -0.507 e. The smallest absolute Gasteiger partial charge is 0.231 e. The molecule has 4 heterocycles. The first kappa shape index (κ1) is 19.9. The van der Waals surface area contributed by atoms with Gasteiger partial charge in [-0.2, -0.15) is 4.39 Å². The van der Waals surface area contributed by atoms with Crippen molar-refractivity contribution in [3.05, 3.63) is 48.8 Å². The second kappa shape index (κ2) is 7.30. The highest BCUT2D eigenvalue weighted by molar-refractivity contribution is 5.68. The molecule has 2 fully saturated rings. The molecule has 2 bridgehead atoms. The lowest BCUT2D eigenvalue weighted by Crippen LogP contribution is -2.54. The highest BCUT2D eigenvalue weighted by Crippen LogP contribution is 2.44. The van der Waals surface area contributed by atoms with Crippen molar-refractivity contribution in [3.63, 3.8) is 0 Å². The van der Waals surface area contributed by atoms with Crippen LogP contribution in [0.25, 0.3) is 16.9 Å². The predicted molar refractivity (Wildman–Crippen MR) is 117 cm³/mol. The van der Waals surface area contributed by atoms with Gasteiger partial charge in [0.15, 0.2) is 0 Å². The number of fused-ring (bicyclic) bond motifs is 2. The number of phenols is 1. The lowest BCUT2D eigenvalue weighted by atomic mass is 9.80. The Kier molecular flexibility index (Phi) is 4.69. The molecule has 0 radical (unpaired) electrons. The Labute approximate surface area is 180 Å². The molecule has 2 aliphatic heterocycles. The molecule has 5 rings (SSSR count). The van der Waals surface area contributed by atoms with Crippen LogP contribution >= 0.6 is 0 Å². The minimum absolute atomic E-state index is 0.0493. The molecule has 2 saturated heterocycles. The summed E-state index contributed by atoms with van der Waals surface area (Å²) in [6, 6.07) is 8.80. The van der Waals surface area contributed by atoms with Crippen LogP contribution < -0.4 is 10.6 Å². The number of rotatable bonds is 5. The van der Waals surface area contributed by atoms with E-state index in [2.05, 4.69) is 39.7 Å². The maximum absolute atomic E-state index is 13.1. The number of piperidine rings is 1. The summed E-state index contributed by atoms with van der Waals surface area (Å²) in [6.07, 6.45) is 7.44. The number of hydrogen-bond acceptors (Lipinski definition) is 6. The predicted octanol–water partition coefficient (Wildman–Crippen LogP) is 3.90. The van der Waals surface area contributed by atoms with Gasteiger partial charge in [-0.15, -0.1) is 10.2 Å². The van der Waals surface area contributed by atoms with Gasteiger partial charge < -0.3 is 20.3 Å². The van der Waals surface area contributed by atoms with Crippen molar-refractivity contribution >= 4 is 5.82 Å². The zero-order valence-corrected chi connectivity index (χ0v) is 17.8. The number of phenolic OH excluding ortho intramolecular Hbond substituents is 1. The standard InChI is InChI=1S/C23H27FN6O/c1-22-7-8-23(2,29-22)11-15(10-22)12-25-21-6-5-18(27-28-21)17-4-3-16(9-19(17)31)30-13-20(24)26-14-30/h3-6,9,13-15,29,31H,7-8,10-12H2,1-2H3,(H,25,28). The van der Waals surface area contributed by atoms with Crippen LogP contribution in [0.2, 0.25) is 0 Å². The number of nitrogens with one attached hydrogen (secondary N) is 2. The Hall–Kier alpha value is -3.00. The molecule has 3 N–H and O–H groups in total. The van der Waals surface area contributed by atoms with Crippen molar-refractivity contribution < 1.29 is 9.50 Å². The SMILES string of the molecule is CC12CCC(C)(CC(CNc3ccc(-c4ccc(-n5cnc(F)c5)cc4O)nn3)C1)N2. The number of nitrogens with zero attached hydrogens (tertiary/aromatic N) is 4. The number of aromatic nitrogens is 4. The highest BCUT2D eigenvalue weighted by atomic mass is 19.1. The van der Waals surface area contributed by atoms with E-state index in [1.807, 2.05) is 12.1 Å². The normalized spacial score (nSPS) is 27.4. The van der Waals surface area contributed by atoms with Gasteiger partial charge in [0.05, 0.1) is 17.6 Å². The zero-order valence-electron chi connectivity index (χ0n) is 17.8. The molecule has 8 heteroatoms.